The summed E-state index contributed by atoms with van der Waals surface area (Å²) in [5.74, 6) is -2.66. The van der Waals surface area contributed by atoms with Gasteiger partial charge in [-0.05, 0) is 61.2 Å². The number of nitrogens with zero attached hydrogens (tertiary/aromatic N) is 2. The first-order valence-electron chi connectivity index (χ1n) is 16.4. The summed E-state index contributed by atoms with van der Waals surface area (Å²) in [5, 5.41) is 34.4. The summed E-state index contributed by atoms with van der Waals surface area (Å²) in [7, 11) is 0. The van der Waals surface area contributed by atoms with E-state index in [1.165, 1.54) is 24.3 Å². The van der Waals surface area contributed by atoms with Crippen LogP contribution in [0, 0.1) is 5.21 Å². The third-order valence-corrected chi connectivity index (χ3v) is 8.58. The van der Waals surface area contributed by atoms with Crippen LogP contribution in [0.4, 0.5) is 15.3 Å². The van der Waals surface area contributed by atoms with Crippen molar-refractivity contribution >= 4 is 40.7 Å². The molecule has 0 saturated heterocycles. The van der Waals surface area contributed by atoms with Crippen molar-refractivity contribution in [3.63, 3.8) is 0 Å². The molecule has 1 unspecified atom stereocenters. The molecule has 268 valence electrons. The molecule has 52 heavy (non-hydrogen) atoms. The molecule has 1 heterocycles. The Hall–Kier alpha value is -6.18. The van der Waals surface area contributed by atoms with Crippen molar-refractivity contribution in [3.05, 3.63) is 131 Å². The molecular weight excluding hydrogens is 670 g/mol. The molecule has 0 bridgehead atoms. The number of nitrogens with one attached hydrogen (secondary N) is 1. The lowest BCUT2D eigenvalue weighted by molar-refractivity contribution is -0.165. The summed E-state index contributed by atoms with van der Waals surface area (Å²) in [4.78, 5) is 53.0. The van der Waals surface area contributed by atoms with Gasteiger partial charge in [-0.2, -0.15) is 0 Å². The molecule has 0 radical (unpaired) electrons. The minimum atomic E-state index is -1.81. The third kappa shape index (κ3) is 7.45. The number of hydrogen-bond acceptors (Lipinski definition) is 10. The molecule has 2 atom stereocenters. The normalized spacial score (nSPS) is 13.4. The lowest BCUT2D eigenvalue weighted by atomic mass is 9.98. The van der Waals surface area contributed by atoms with Crippen molar-refractivity contribution in [1.82, 2.24) is 9.88 Å². The summed E-state index contributed by atoms with van der Waals surface area (Å²) >= 11 is 0. The number of carboxylic acid groups (broad SMARTS) is 1. The highest BCUT2D eigenvalue weighted by molar-refractivity contribution is 5.93. The minimum absolute atomic E-state index is 0.0407. The molecule has 3 N–H and O–H groups in total. The number of aromatic nitrogens is 1. The number of rotatable bonds is 10. The molecule has 1 aromatic heterocycles. The Morgan fingerprint density at radius 2 is 1.48 bits per heavy atom. The predicted molar refractivity (Wildman–Crippen MR) is 190 cm³/mol. The number of benzene rings is 4. The molecule has 6 rings (SSSR count). The Labute approximate surface area is 298 Å². The van der Waals surface area contributed by atoms with Gasteiger partial charge in [0.2, 0.25) is 6.10 Å². The average Bonchev–Trinajstić information content (AvgIpc) is 3.63. The van der Waals surface area contributed by atoms with Crippen molar-refractivity contribution in [1.29, 1.82) is 0 Å². The SMILES string of the molecule is CC(C)(C)OC(=O)C(OC(=O)n1c(C[C@H](NC(=O)OCC2c3ccccc3-c3ccccc32)C(=O)O)cc2ccccc21)c1ccccc1N([O-])O. The molecule has 13 heteroatoms. The largest absolute Gasteiger partial charge is 0.733 e. The van der Waals surface area contributed by atoms with Crippen LogP contribution in [0.3, 0.4) is 0 Å². The fourth-order valence-corrected chi connectivity index (χ4v) is 6.40. The zero-order valence-corrected chi connectivity index (χ0v) is 28.5. The van der Waals surface area contributed by atoms with Gasteiger partial charge in [0.1, 0.15) is 18.2 Å². The van der Waals surface area contributed by atoms with Crippen molar-refractivity contribution in [2.75, 3.05) is 11.8 Å². The summed E-state index contributed by atoms with van der Waals surface area (Å²) in [6.45, 7) is 4.78. The lowest BCUT2D eigenvalue weighted by Crippen LogP contribution is -2.43. The van der Waals surface area contributed by atoms with Gasteiger partial charge in [-0.25, -0.2) is 23.7 Å². The number of fused-ring (bicyclic) bond motifs is 4. The first kappa shape index (κ1) is 35.6. The monoisotopic (exact) mass is 706 g/mol. The van der Waals surface area contributed by atoms with Gasteiger partial charge < -0.3 is 35.1 Å². The highest BCUT2D eigenvalue weighted by Crippen LogP contribution is 2.44. The molecule has 0 aliphatic heterocycles. The Morgan fingerprint density at radius 3 is 2.12 bits per heavy atom. The fraction of sp³-hybridized carbons (Fsp3) is 0.231. The number of carbonyl (C=O) groups excluding carboxylic acids is 3. The van der Waals surface area contributed by atoms with E-state index in [4.69, 9.17) is 14.2 Å². The number of esters is 1. The second kappa shape index (κ2) is 14.6. The highest BCUT2D eigenvalue weighted by Gasteiger charge is 2.35. The number of para-hydroxylation sites is 2. The summed E-state index contributed by atoms with van der Waals surface area (Å²) in [6.07, 6.45) is -4.27. The van der Waals surface area contributed by atoms with Crippen LogP contribution in [0.2, 0.25) is 0 Å². The van der Waals surface area contributed by atoms with Gasteiger partial charge in [-0.3, -0.25) is 5.21 Å². The van der Waals surface area contributed by atoms with Crippen LogP contribution in [-0.2, 0) is 30.2 Å². The number of anilines is 1. The van der Waals surface area contributed by atoms with Crippen molar-refractivity contribution in [3.8, 4) is 11.1 Å². The van der Waals surface area contributed by atoms with Gasteiger partial charge in [-0.1, -0.05) is 84.9 Å². The van der Waals surface area contributed by atoms with E-state index in [1.54, 1.807) is 51.1 Å². The van der Waals surface area contributed by atoms with Crippen LogP contribution in [-0.4, -0.2) is 57.3 Å². The molecular formula is C39H36N3O10-. The second-order valence-corrected chi connectivity index (χ2v) is 13.2. The van der Waals surface area contributed by atoms with Crippen LogP contribution in [0.1, 0.15) is 55.2 Å². The third-order valence-electron chi connectivity index (χ3n) is 8.58. The maximum absolute atomic E-state index is 14.0. The quantitative estimate of drug-likeness (QED) is 0.0778. The number of amides is 1. The van der Waals surface area contributed by atoms with Crippen molar-refractivity contribution in [2.24, 2.45) is 0 Å². The van der Waals surface area contributed by atoms with E-state index < -0.39 is 47.1 Å². The number of carbonyl (C=O) groups is 4. The number of hydrogen-bond donors (Lipinski definition) is 3. The smallest absolute Gasteiger partial charge is 0.419 e. The number of carboxylic acids is 1. The molecule has 1 aliphatic rings. The molecule has 0 spiro atoms. The first-order valence-corrected chi connectivity index (χ1v) is 16.4. The highest BCUT2D eigenvalue weighted by atomic mass is 16.8. The van der Waals surface area contributed by atoms with E-state index in [-0.39, 0.29) is 35.9 Å². The summed E-state index contributed by atoms with van der Waals surface area (Å²) in [6, 6.07) is 27.8. The van der Waals surface area contributed by atoms with Crippen LogP contribution in [0.25, 0.3) is 22.0 Å². The molecule has 5 aromatic rings. The summed E-state index contributed by atoms with van der Waals surface area (Å²) < 4.78 is 17.9. The standard InChI is InChI=1S/C39H36N3O10/c1-39(2,3)52-36(45)34(29-17-9-11-19-33(29)42(48)49)51-38(47)41-24(20-23-12-4-10-18-32(23)41)21-31(35(43)44)40-37(46)50-22-30-27-15-7-5-13-25(27)26-14-6-8-16-28(26)30/h4-20,30-31,34,48H,21-22H2,1-3H3,(H,40,46)(H,43,44)/q-1/t31-,34?/m0/s1. The maximum Gasteiger partial charge on any atom is 0.419 e. The molecule has 4 aromatic carbocycles. The Morgan fingerprint density at radius 1 is 0.885 bits per heavy atom. The fourth-order valence-electron chi connectivity index (χ4n) is 6.40. The Balaban J connectivity index is 1.25. The Bertz CT molecular complexity index is 2110. The zero-order chi connectivity index (χ0) is 37.2. The topological polar surface area (TPSA) is 180 Å². The zero-order valence-electron chi connectivity index (χ0n) is 28.5. The van der Waals surface area contributed by atoms with Crippen LogP contribution in [0.15, 0.2) is 103 Å². The number of alkyl carbamates (subject to hydrolysis) is 1. The van der Waals surface area contributed by atoms with Gasteiger partial charge in [0.15, 0.2) is 0 Å². The van der Waals surface area contributed by atoms with Gasteiger partial charge in [-0.15, -0.1) is 0 Å². The van der Waals surface area contributed by atoms with E-state index in [0.29, 0.717) is 10.9 Å². The van der Waals surface area contributed by atoms with Gasteiger partial charge in [0.25, 0.3) is 0 Å². The molecule has 13 nitrogen and oxygen atoms in total. The molecule has 1 aliphatic carbocycles. The summed E-state index contributed by atoms with van der Waals surface area (Å²) in [5.41, 5.74) is 2.97. The second-order valence-electron chi connectivity index (χ2n) is 13.2. The predicted octanol–water partition coefficient (Wildman–Crippen LogP) is 6.94. The molecule has 0 fully saturated rings. The van der Waals surface area contributed by atoms with Crippen LogP contribution in [0.5, 0.6) is 0 Å². The number of ether oxygens (including phenoxy) is 3. The van der Waals surface area contributed by atoms with Crippen molar-refractivity contribution < 1.29 is 43.7 Å². The van der Waals surface area contributed by atoms with Gasteiger partial charge in [0, 0.05) is 29.0 Å². The minimum Gasteiger partial charge on any atom is -0.733 e. The van der Waals surface area contributed by atoms with E-state index in [1.807, 2.05) is 48.5 Å². The molecule has 1 amide bonds. The van der Waals surface area contributed by atoms with E-state index in [0.717, 1.165) is 26.8 Å². The van der Waals surface area contributed by atoms with Gasteiger partial charge >= 0.3 is 24.1 Å². The average molecular weight is 707 g/mol. The van der Waals surface area contributed by atoms with Crippen molar-refractivity contribution in [2.45, 2.75) is 50.9 Å². The first-order chi connectivity index (χ1) is 24.8. The van der Waals surface area contributed by atoms with Crippen LogP contribution < -0.4 is 10.5 Å². The van der Waals surface area contributed by atoms with E-state index in [9.17, 15) is 34.7 Å². The molecule has 0 saturated carbocycles. The number of aliphatic carboxylic acids is 1. The Kier molecular flexibility index (Phi) is 10.00. The van der Waals surface area contributed by atoms with E-state index in [2.05, 4.69) is 5.32 Å². The van der Waals surface area contributed by atoms with E-state index >= 15 is 0 Å². The van der Waals surface area contributed by atoms with Crippen LogP contribution >= 0.6 is 0 Å². The lowest BCUT2D eigenvalue weighted by Gasteiger charge is -2.29. The maximum atomic E-state index is 14.0. The van der Waals surface area contributed by atoms with Gasteiger partial charge in [0.05, 0.1) is 11.2 Å².